The molecular weight excluding hydrogens is 338 g/mol. The van der Waals surface area contributed by atoms with Gasteiger partial charge in [-0.2, -0.15) is 0 Å². The normalized spacial score (nSPS) is 14.7. The highest BCUT2D eigenvalue weighted by Gasteiger charge is 2.26. The molecule has 1 aliphatic rings. The van der Waals surface area contributed by atoms with Gasteiger partial charge < -0.3 is 10.1 Å². The third kappa shape index (κ3) is 3.82. The first-order valence-electron chi connectivity index (χ1n) is 8.27. The Hall–Kier alpha value is -2.41. The molecule has 0 saturated heterocycles. The first kappa shape index (κ1) is 17.4. The number of nitrogens with zero attached hydrogens (tertiary/aromatic N) is 2. The van der Waals surface area contributed by atoms with E-state index in [-0.39, 0.29) is 24.5 Å². The van der Waals surface area contributed by atoms with Crippen LogP contribution in [0, 0.1) is 6.92 Å². The number of fused-ring (bicyclic) bond motifs is 1. The summed E-state index contributed by atoms with van der Waals surface area (Å²) in [5.41, 5.74) is 2.21. The first-order valence-corrected chi connectivity index (χ1v) is 9.15. The molecule has 1 N–H and O–H groups in total. The third-order valence-corrected chi connectivity index (χ3v) is 4.96. The summed E-state index contributed by atoms with van der Waals surface area (Å²) < 4.78 is 5.51. The van der Waals surface area contributed by atoms with Crippen molar-refractivity contribution in [3.05, 3.63) is 39.8 Å². The zero-order chi connectivity index (χ0) is 18.0. The Morgan fingerprint density at radius 3 is 3.04 bits per heavy atom. The molecule has 0 saturated carbocycles. The number of aromatic nitrogens is 1. The number of hydrogen-bond acceptors (Lipinski definition) is 5. The van der Waals surface area contributed by atoms with Crippen LogP contribution < -0.4 is 15.0 Å². The number of ether oxygens (including phenoxy) is 1. The molecule has 0 spiro atoms. The smallest absolute Gasteiger partial charge is 0.270 e. The van der Waals surface area contributed by atoms with Crippen molar-refractivity contribution in [2.75, 3.05) is 11.5 Å². The molecule has 2 aromatic rings. The molecule has 0 unspecified atom stereocenters. The van der Waals surface area contributed by atoms with Gasteiger partial charge in [0.1, 0.15) is 16.5 Å². The summed E-state index contributed by atoms with van der Waals surface area (Å²) in [4.78, 5) is 30.5. The molecule has 2 heterocycles. The van der Waals surface area contributed by atoms with Gasteiger partial charge in [0.25, 0.3) is 11.8 Å². The maximum absolute atomic E-state index is 12.3. The van der Waals surface area contributed by atoms with E-state index in [1.165, 1.54) is 11.3 Å². The molecule has 132 valence electrons. The highest BCUT2D eigenvalue weighted by atomic mass is 32.1. The van der Waals surface area contributed by atoms with E-state index in [9.17, 15) is 9.59 Å². The van der Waals surface area contributed by atoms with Crippen LogP contribution in [0.25, 0.3) is 0 Å². The van der Waals surface area contributed by atoms with Gasteiger partial charge in [-0.3, -0.25) is 14.5 Å². The second-order valence-corrected chi connectivity index (χ2v) is 7.09. The Labute approximate surface area is 150 Å². The Balaban J connectivity index is 1.77. The molecule has 7 heteroatoms. The van der Waals surface area contributed by atoms with E-state index in [0.717, 1.165) is 22.7 Å². The SMILES string of the molecule is CC[C@@H](C)NC(=O)c1csc(CN2C(=O)COc3cc(C)ccc32)n1. The first-order chi connectivity index (χ1) is 12.0. The average molecular weight is 359 g/mol. The number of carbonyl (C=O) groups is 2. The van der Waals surface area contributed by atoms with Gasteiger partial charge in [-0.25, -0.2) is 4.98 Å². The molecule has 0 fully saturated rings. The van der Waals surface area contributed by atoms with E-state index in [4.69, 9.17) is 4.74 Å². The summed E-state index contributed by atoms with van der Waals surface area (Å²) in [6, 6.07) is 5.85. The molecule has 1 aliphatic heterocycles. The van der Waals surface area contributed by atoms with Crippen LogP contribution in [0.1, 0.15) is 41.3 Å². The van der Waals surface area contributed by atoms with Crippen molar-refractivity contribution in [1.29, 1.82) is 0 Å². The summed E-state index contributed by atoms with van der Waals surface area (Å²) in [5.74, 6) is 0.407. The largest absolute Gasteiger partial charge is 0.482 e. The minimum atomic E-state index is -0.179. The minimum Gasteiger partial charge on any atom is -0.482 e. The number of hydrogen-bond donors (Lipinski definition) is 1. The molecule has 2 amide bonds. The Morgan fingerprint density at radius 1 is 1.48 bits per heavy atom. The van der Waals surface area contributed by atoms with Gasteiger partial charge in [0.15, 0.2) is 6.61 Å². The van der Waals surface area contributed by atoms with Gasteiger partial charge in [0.05, 0.1) is 12.2 Å². The zero-order valence-electron chi connectivity index (χ0n) is 14.5. The molecular formula is C18H21N3O3S. The fourth-order valence-corrected chi connectivity index (χ4v) is 3.27. The van der Waals surface area contributed by atoms with Crippen LogP contribution in [0.3, 0.4) is 0 Å². The monoisotopic (exact) mass is 359 g/mol. The van der Waals surface area contributed by atoms with Gasteiger partial charge in [-0.05, 0) is 38.0 Å². The zero-order valence-corrected chi connectivity index (χ0v) is 15.4. The quantitative estimate of drug-likeness (QED) is 0.891. The fourth-order valence-electron chi connectivity index (χ4n) is 2.51. The van der Waals surface area contributed by atoms with E-state index in [1.807, 2.05) is 39.0 Å². The molecule has 25 heavy (non-hydrogen) atoms. The molecule has 0 radical (unpaired) electrons. The van der Waals surface area contributed by atoms with Crippen LogP contribution in [0.2, 0.25) is 0 Å². The molecule has 1 atom stereocenters. The minimum absolute atomic E-state index is 0.0171. The van der Waals surface area contributed by atoms with Crippen LogP contribution in [0.15, 0.2) is 23.6 Å². The Morgan fingerprint density at radius 2 is 2.28 bits per heavy atom. The van der Waals surface area contributed by atoms with Crippen LogP contribution in [0.5, 0.6) is 5.75 Å². The van der Waals surface area contributed by atoms with Crippen LogP contribution in [0.4, 0.5) is 5.69 Å². The summed E-state index contributed by atoms with van der Waals surface area (Å²) in [6.45, 7) is 6.30. The Kier molecular flexibility index (Phi) is 5.03. The number of rotatable bonds is 5. The number of benzene rings is 1. The van der Waals surface area contributed by atoms with Crippen LogP contribution in [-0.2, 0) is 11.3 Å². The molecule has 0 aliphatic carbocycles. The molecule has 1 aromatic carbocycles. The molecule has 1 aromatic heterocycles. The van der Waals surface area contributed by atoms with E-state index in [0.29, 0.717) is 18.0 Å². The maximum atomic E-state index is 12.3. The number of amides is 2. The van der Waals surface area contributed by atoms with Gasteiger partial charge in [0.2, 0.25) is 0 Å². The summed E-state index contributed by atoms with van der Waals surface area (Å²) in [7, 11) is 0. The molecule has 3 rings (SSSR count). The number of aryl methyl sites for hydroxylation is 1. The Bertz CT molecular complexity index is 803. The van der Waals surface area contributed by atoms with Gasteiger partial charge in [-0.15, -0.1) is 11.3 Å². The van der Waals surface area contributed by atoms with Crippen molar-refractivity contribution < 1.29 is 14.3 Å². The van der Waals surface area contributed by atoms with Crippen molar-refractivity contribution >= 4 is 28.8 Å². The predicted molar refractivity (Wildman–Crippen MR) is 97.2 cm³/mol. The van der Waals surface area contributed by atoms with Gasteiger partial charge >= 0.3 is 0 Å². The lowest BCUT2D eigenvalue weighted by Gasteiger charge is -2.28. The van der Waals surface area contributed by atoms with E-state index in [2.05, 4.69) is 10.3 Å². The average Bonchev–Trinajstić information content (AvgIpc) is 3.06. The highest BCUT2D eigenvalue weighted by Crippen LogP contribution is 2.34. The molecule has 6 nitrogen and oxygen atoms in total. The number of nitrogens with one attached hydrogen (secondary N) is 1. The second kappa shape index (κ2) is 7.23. The van der Waals surface area contributed by atoms with Crippen LogP contribution >= 0.6 is 11.3 Å². The van der Waals surface area contributed by atoms with E-state index >= 15 is 0 Å². The topological polar surface area (TPSA) is 71.5 Å². The van der Waals surface area contributed by atoms with Crippen molar-refractivity contribution in [1.82, 2.24) is 10.3 Å². The van der Waals surface area contributed by atoms with Crippen molar-refractivity contribution in [2.45, 2.75) is 39.8 Å². The lowest BCUT2D eigenvalue weighted by atomic mass is 10.1. The number of thiazole rings is 1. The van der Waals surface area contributed by atoms with Gasteiger partial charge in [0, 0.05) is 11.4 Å². The van der Waals surface area contributed by atoms with Crippen molar-refractivity contribution in [2.24, 2.45) is 0 Å². The summed E-state index contributed by atoms with van der Waals surface area (Å²) in [5, 5.41) is 5.35. The van der Waals surface area contributed by atoms with E-state index < -0.39 is 0 Å². The summed E-state index contributed by atoms with van der Waals surface area (Å²) >= 11 is 1.38. The number of anilines is 1. The van der Waals surface area contributed by atoms with Crippen molar-refractivity contribution in [3.63, 3.8) is 0 Å². The predicted octanol–water partition coefficient (Wildman–Crippen LogP) is 2.91. The standard InChI is InChI=1S/C18H21N3O3S/c1-4-12(3)19-18(23)13-10-25-16(20-13)8-21-14-6-5-11(2)7-15(14)24-9-17(21)22/h5-7,10,12H,4,8-9H2,1-3H3,(H,19,23)/t12-/m1/s1. The van der Waals surface area contributed by atoms with E-state index in [1.54, 1.807) is 10.3 Å². The van der Waals surface area contributed by atoms with Crippen LogP contribution in [-0.4, -0.2) is 29.4 Å². The lowest BCUT2D eigenvalue weighted by molar-refractivity contribution is -0.121. The molecule has 0 bridgehead atoms. The van der Waals surface area contributed by atoms with Crippen molar-refractivity contribution in [3.8, 4) is 5.75 Å². The third-order valence-electron chi connectivity index (χ3n) is 4.13. The lowest BCUT2D eigenvalue weighted by Crippen LogP contribution is -2.38. The van der Waals surface area contributed by atoms with Gasteiger partial charge in [-0.1, -0.05) is 13.0 Å². The maximum Gasteiger partial charge on any atom is 0.270 e. The number of carbonyl (C=O) groups excluding carboxylic acids is 2. The second-order valence-electron chi connectivity index (χ2n) is 6.15. The highest BCUT2D eigenvalue weighted by molar-refractivity contribution is 7.09. The fraction of sp³-hybridized carbons (Fsp3) is 0.389. The summed E-state index contributed by atoms with van der Waals surface area (Å²) in [6.07, 6.45) is 0.862.